The second-order valence-corrected chi connectivity index (χ2v) is 7.47. The molecule has 0 aliphatic carbocycles. The Balaban J connectivity index is 4.84. The zero-order valence-corrected chi connectivity index (χ0v) is 12.5. The van der Waals surface area contributed by atoms with Gasteiger partial charge in [0.05, 0.1) is 0 Å². The van der Waals surface area contributed by atoms with Crippen molar-refractivity contribution in [2.75, 3.05) is 0 Å². The monoisotopic (exact) mass is 212 g/mol. The third kappa shape index (κ3) is 3.50. The smallest absolute Gasteiger partial charge is 0.0300 e. The Morgan fingerprint density at radius 1 is 0.867 bits per heavy atom. The Morgan fingerprint density at radius 3 is 1.47 bits per heavy atom. The Morgan fingerprint density at radius 2 is 1.27 bits per heavy atom. The topological polar surface area (TPSA) is 0 Å². The molecular weight excluding hydrogens is 180 g/mol. The van der Waals surface area contributed by atoms with Gasteiger partial charge < -0.3 is 0 Å². The first kappa shape index (κ1) is 15.0. The molecule has 92 valence electrons. The van der Waals surface area contributed by atoms with Crippen molar-refractivity contribution in [2.45, 2.75) is 75.2 Å². The maximum Gasteiger partial charge on any atom is -0.0300 e. The van der Waals surface area contributed by atoms with Crippen molar-refractivity contribution in [2.24, 2.45) is 22.2 Å². The van der Waals surface area contributed by atoms with E-state index in [-0.39, 0.29) is 0 Å². The van der Waals surface area contributed by atoms with Crippen molar-refractivity contribution in [3.8, 4) is 0 Å². The summed E-state index contributed by atoms with van der Waals surface area (Å²) in [6.07, 6.45) is 2.60. The molecule has 0 aliphatic rings. The van der Waals surface area contributed by atoms with Crippen LogP contribution in [0.15, 0.2) is 0 Å². The average Bonchev–Trinajstić information content (AvgIpc) is 2.00. The van der Waals surface area contributed by atoms with Gasteiger partial charge in [-0.2, -0.15) is 0 Å². The molecule has 0 bridgehead atoms. The maximum absolute atomic E-state index is 2.45. The predicted molar refractivity (Wildman–Crippen MR) is 71.1 cm³/mol. The summed E-state index contributed by atoms with van der Waals surface area (Å²) in [6, 6.07) is 0. The number of hydrogen-bond acceptors (Lipinski definition) is 0. The Bertz CT molecular complexity index is 190. The zero-order valence-electron chi connectivity index (χ0n) is 12.5. The molecule has 0 saturated heterocycles. The summed E-state index contributed by atoms with van der Waals surface area (Å²) < 4.78 is 0. The third-order valence-electron chi connectivity index (χ3n) is 5.08. The van der Waals surface area contributed by atoms with E-state index >= 15 is 0 Å². The summed E-state index contributed by atoms with van der Waals surface area (Å²) in [4.78, 5) is 0. The van der Waals surface area contributed by atoms with Crippen LogP contribution in [0.25, 0.3) is 0 Å². The molecule has 0 fully saturated rings. The summed E-state index contributed by atoms with van der Waals surface area (Å²) in [5.41, 5.74) is 1.27. The van der Waals surface area contributed by atoms with Crippen LogP contribution < -0.4 is 0 Å². The molecule has 0 heterocycles. The third-order valence-corrected chi connectivity index (χ3v) is 5.08. The minimum Gasteiger partial charge on any atom is -0.0649 e. The molecule has 0 aromatic carbocycles. The first-order valence-corrected chi connectivity index (χ1v) is 6.46. The van der Waals surface area contributed by atoms with Gasteiger partial charge in [0, 0.05) is 0 Å². The molecular formula is C15H32. The lowest BCUT2D eigenvalue weighted by molar-refractivity contribution is 0.0341. The van der Waals surface area contributed by atoms with Crippen molar-refractivity contribution in [3.05, 3.63) is 0 Å². The highest BCUT2D eigenvalue weighted by atomic mass is 14.4. The van der Waals surface area contributed by atoms with Crippen LogP contribution in [-0.4, -0.2) is 0 Å². The Hall–Kier alpha value is 0. The van der Waals surface area contributed by atoms with Crippen molar-refractivity contribution in [1.82, 2.24) is 0 Å². The predicted octanol–water partition coefficient (Wildman–Crippen LogP) is 5.52. The van der Waals surface area contributed by atoms with E-state index < -0.39 is 0 Å². The highest BCUT2D eigenvalue weighted by molar-refractivity contribution is 4.90. The lowest BCUT2D eigenvalue weighted by atomic mass is 9.59. The molecule has 15 heavy (non-hydrogen) atoms. The largest absolute Gasteiger partial charge is 0.0649 e. The van der Waals surface area contributed by atoms with E-state index in [1.807, 2.05) is 0 Å². The molecule has 0 nitrogen and oxygen atoms in total. The summed E-state index contributed by atoms with van der Waals surface area (Å²) >= 11 is 0. The number of hydrogen-bond donors (Lipinski definition) is 0. The highest BCUT2D eigenvalue weighted by Crippen LogP contribution is 2.49. The van der Waals surface area contributed by atoms with Crippen LogP contribution in [0, 0.1) is 22.2 Å². The molecule has 0 rings (SSSR count). The highest BCUT2D eigenvalue weighted by Gasteiger charge is 2.40. The molecule has 0 aromatic heterocycles. The Kier molecular flexibility index (Phi) is 4.47. The van der Waals surface area contributed by atoms with Crippen LogP contribution in [-0.2, 0) is 0 Å². The van der Waals surface area contributed by atoms with Crippen LogP contribution in [0.5, 0.6) is 0 Å². The minimum atomic E-state index is 0.387. The summed E-state index contributed by atoms with van der Waals surface area (Å²) in [6.45, 7) is 21.4. The maximum atomic E-state index is 2.45. The molecule has 0 heteroatoms. The van der Waals surface area contributed by atoms with E-state index in [1.54, 1.807) is 0 Å². The van der Waals surface area contributed by atoms with Gasteiger partial charge in [-0.3, -0.25) is 0 Å². The van der Waals surface area contributed by atoms with Crippen LogP contribution in [0.4, 0.5) is 0 Å². The van der Waals surface area contributed by atoms with Gasteiger partial charge in [-0.25, -0.2) is 0 Å². The molecule has 0 amide bonds. The van der Waals surface area contributed by atoms with Gasteiger partial charge in [0.2, 0.25) is 0 Å². The minimum absolute atomic E-state index is 0.387. The molecule has 0 aliphatic heterocycles. The van der Waals surface area contributed by atoms with Gasteiger partial charge in [0.1, 0.15) is 0 Å². The fourth-order valence-electron chi connectivity index (χ4n) is 2.01. The van der Waals surface area contributed by atoms with E-state index in [2.05, 4.69) is 62.3 Å². The molecule has 0 spiro atoms. The summed E-state index contributed by atoms with van der Waals surface area (Å²) in [7, 11) is 0. The van der Waals surface area contributed by atoms with Crippen LogP contribution in [0.1, 0.15) is 75.2 Å². The van der Waals surface area contributed by atoms with Crippen molar-refractivity contribution in [3.63, 3.8) is 0 Å². The van der Waals surface area contributed by atoms with Gasteiger partial charge >= 0.3 is 0 Å². The molecule has 0 N–H and O–H groups in total. The first-order valence-electron chi connectivity index (χ1n) is 6.46. The molecule has 0 saturated carbocycles. The fraction of sp³-hybridized carbons (Fsp3) is 1.00. The van der Waals surface area contributed by atoms with Crippen molar-refractivity contribution >= 4 is 0 Å². The zero-order chi connectivity index (χ0) is 12.5. The van der Waals surface area contributed by atoms with Gasteiger partial charge in [-0.1, -0.05) is 68.7 Å². The van der Waals surface area contributed by atoms with E-state index in [0.717, 1.165) is 5.92 Å². The molecule has 1 atom stereocenters. The van der Waals surface area contributed by atoms with Gasteiger partial charge in [0.15, 0.2) is 0 Å². The molecule has 0 radical (unpaired) electrons. The lowest BCUT2D eigenvalue weighted by Crippen LogP contribution is -2.37. The van der Waals surface area contributed by atoms with E-state index in [1.165, 1.54) is 12.8 Å². The molecule has 1 unspecified atom stereocenters. The number of rotatable bonds is 4. The van der Waals surface area contributed by atoms with Gasteiger partial charge in [-0.15, -0.1) is 0 Å². The Labute approximate surface area is 97.8 Å². The van der Waals surface area contributed by atoms with Crippen LogP contribution >= 0.6 is 0 Å². The second kappa shape index (κ2) is 4.47. The van der Waals surface area contributed by atoms with E-state index in [0.29, 0.717) is 16.2 Å². The SMILES string of the molecule is CCC(C)(CC(C)(C)C(C)(C)C)C(C)C. The lowest BCUT2D eigenvalue weighted by Gasteiger charge is -2.47. The van der Waals surface area contributed by atoms with Crippen LogP contribution in [0.3, 0.4) is 0 Å². The van der Waals surface area contributed by atoms with Gasteiger partial charge in [0.25, 0.3) is 0 Å². The van der Waals surface area contributed by atoms with Crippen molar-refractivity contribution < 1.29 is 0 Å². The van der Waals surface area contributed by atoms with E-state index in [4.69, 9.17) is 0 Å². The first-order chi connectivity index (χ1) is 6.46. The van der Waals surface area contributed by atoms with E-state index in [9.17, 15) is 0 Å². The average molecular weight is 212 g/mol. The fourth-order valence-corrected chi connectivity index (χ4v) is 2.01. The van der Waals surface area contributed by atoms with Crippen LogP contribution in [0.2, 0.25) is 0 Å². The quantitative estimate of drug-likeness (QED) is 0.575. The normalized spacial score (nSPS) is 18.0. The second-order valence-electron chi connectivity index (χ2n) is 7.47. The van der Waals surface area contributed by atoms with Gasteiger partial charge in [-0.05, 0) is 28.6 Å². The van der Waals surface area contributed by atoms with Crippen molar-refractivity contribution in [1.29, 1.82) is 0 Å². The summed E-state index contributed by atoms with van der Waals surface area (Å²) in [5.74, 6) is 0.768. The molecule has 0 aromatic rings. The standard InChI is InChI=1S/C15H32/c1-10-15(9,12(2)3)11-14(7,8)13(4,5)6/h12H,10-11H2,1-9H3. The summed E-state index contributed by atoms with van der Waals surface area (Å²) in [5, 5.41) is 0.